The van der Waals surface area contributed by atoms with Crippen molar-refractivity contribution in [2.45, 2.75) is 38.0 Å². The first-order chi connectivity index (χ1) is 9.15. The maximum absolute atomic E-state index is 6.28. The predicted molar refractivity (Wildman–Crippen MR) is 78.2 cm³/mol. The molecule has 0 N–H and O–H groups in total. The van der Waals surface area contributed by atoms with Gasteiger partial charge in [0, 0.05) is 25.5 Å². The van der Waals surface area contributed by atoms with Crippen molar-refractivity contribution in [1.29, 1.82) is 0 Å². The summed E-state index contributed by atoms with van der Waals surface area (Å²) in [6, 6.07) is 2.14. The molecule has 1 atom stereocenters. The quantitative estimate of drug-likeness (QED) is 0.792. The van der Waals surface area contributed by atoms with Crippen molar-refractivity contribution in [1.82, 2.24) is 14.6 Å². The van der Waals surface area contributed by atoms with Gasteiger partial charge in [0.05, 0.1) is 11.1 Å². The Morgan fingerprint density at radius 1 is 1.42 bits per heavy atom. The van der Waals surface area contributed by atoms with Gasteiger partial charge in [0.1, 0.15) is 5.52 Å². The lowest BCUT2D eigenvalue weighted by molar-refractivity contribution is 0.580. The molecule has 0 spiro atoms. The average Bonchev–Trinajstić information content (AvgIpc) is 2.82. The molecule has 0 bridgehead atoms. The van der Waals surface area contributed by atoms with Crippen molar-refractivity contribution in [3.8, 4) is 0 Å². The normalized spacial score (nSPS) is 20.4. The summed E-state index contributed by atoms with van der Waals surface area (Å²) in [5.74, 6) is 1.43. The summed E-state index contributed by atoms with van der Waals surface area (Å²) in [4.78, 5) is 6.82. The fourth-order valence-corrected chi connectivity index (χ4v) is 2.89. The second kappa shape index (κ2) is 5.00. The Morgan fingerprint density at radius 2 is 2.26 bits per heavy atom. The van der Waals surface area contributed by atoms with Crippen LogP contribution in [0.2, 0.25) is 0 Å². The molecule has 3 rings (SSSR count). The standard InChI is InChI=1S/C14H19ClN4/c1-10(2)12-8-13-14(16-5-7-19(13)17-12)18-6-3-4-11(15)9-18/h5,7-8,10-11H,3-4,6,9H2,1-2H3. The molecule has 2 aromatic rings. The molecule has 3 heterocycles. The van der Waals surface area contributed by atoms with E-state index in [1.807, 2.05) is 16.9 Å². The molecule has 1 saturated heterocycles. The van der Waals surface area contributed by atoms with Gasteiger partial charge in [-0.1, -0.05) is 13.8 Å². The molecule has 0 aliphatic carbocycles. The molecule has 102 valence electrons. The van der Waals surface area contributed by atoms with E-state index in [-0.39, 0.29) is 5.38 Å². The summed E-state index contributed by atoms with van der Waals surface area (Å²) in [5, 5.41) is 4.83. The van der Waals surface area contributed by atoms with Gasteiger partial charge in [-0.3, -0.25) is 0 Å². The molecule has 0 amide bonds. The van der Waals surface area contributed by atoms with Crippen LogP contribution in [-0.2, 0) is 0 Å². The first kappa shape index (κ1) is 12.7. The number of piperidine rings is 1. The van der Waals surface area contributed by atoms with Gasteiger partial charge in [0.2, 0.25) is 0 Å². The number of rotatable bonds is 2. The molecule has 1 aliphatic rings. The SMILES string of the molecule is CC(C)c1cc2c(N3CCCC(Cl)C3)nccn2n1. The monoisotopic (exact) mass is 278 g/mol. The van der Waals surface area contributed by atoms with Crippen LogP contribution in [0.5, 0.6) is 0 Å². The number of aromatic nitrogens is 3. The Hall–Kier alpha value is -1.29. The topological polar surface area (TPSA) is 33.4 Å². The summed E-state index contributed by atoms with van der Waals surface area (Å²) in [6.07, 6.45) is 5.95. The van der Waals surface area contributed by atoms with Crippen molar-refractivity contribution in [2.75, 3.05) is 18.0 Å². The van der Waals surface area contributed by atoms with Gasteiger partial charge in [-0.2, -0.15) is 5.10 Å². The van der Waals surface area contributed by atoms with Gasteiger partial charge in [-0.05, 0) is 24.8 Å². The average molecular weight is 279 g/mol. The highest BCUT2D eigenvalue weighted by Crippen LogP contribution is 2.26. The number of hydrogen-bond acceptors (Lipinski definition) is 3. The van der Waals surface area contributed by atoms with Crippen molar-refractivity contribution in [3.05, 3.63) is 24.2 Å². The molecular weight excluding hydrogens is 260 g/mol. The van der Waals surface area contributed by atoms with Crippen molar-refractivity contribution in [2.24, 2.45) is 0 Å². The van der Waals surface area contributed by atoms with Gasteiger partial charge in [-0.25, -0.2) is 9.50 Å². The zero-order valence-corrected chi connectivity index (χ0v) is 12.1. The largest absolute Gasteiger partial charge is 0.353 e. The third-order valence-electron chi connectivity index (χ3n) is 3.64. The summed E-state index contributed by atoms with van der Waals surface area (Å²) < 4.78 is 1.93. The van der Waals surface area contributed by atoms with Crippen LogP contribution < -0.4 is 4.90 Å². The van der Waals surface area contributed by atoms with E-state index in [0.717, 1.165) is 43.0 Å². The van der Waals surface area contributed by atoms with E-state index in [0.29, 0.717) is 5.92 Å². The molecular formula is C14H19ClN4. The molecule has 1 aliphatic heterocycles. The van der Waals surface area contributed by atoms with Crippen molar-refractivity contribution < 1.29 is 0 Å². The van der Waals surface area contributed by atoms with Crippen LogP contribution in [0.25, 0.3) is 5.52 Å². The van der Waals surface area contributed by atoms with E-state index >= 15 is 0 Å². The first-order valence-electron chi connectivity index (χ1n) is 6.88. The van der Waals surface area contributed by atoms with Gasteiger partial charge >= 0.3 is 0 Å². The highest BCUT2D eigenvalue weighted by molar-refractivity contribution is 6.21. The minimum absolute atomic E-state index is 0.225. The summed E-state index contributed by atoms with van der Waals surface area (Å²) >= 11 is 6.28. The molecule has 4 nitrogen and oxygen atoms in total. The highest BCUT2D eigenvalue weighted by atomic mass is 35.5. The lowest BCUT2D eigenvalue weighted by Gasteiger charge is -2.30. The third-order valence-corrected chi connectivity index (χ3v) is 4.00. The van der Waals surface area contributed by atoms with Crippen LogP contribution in [0.1, 0.15) is 38.3 Å². The predicted octanol–water partition coefficient (Wildman–Crippen LogP) is 3.06. The number of alkyl halides is 1. The van der Waals surface area contributed by atoms with E-state index in [2.05, 4.69) is 34.9 Å². The Bertz CT molecular complexity index is 578. The number of nitrogens with zero attached hydrogens (tertiary/aromatic N) is 4. The highest BCUT2D eigenvalue weighted by Gasteiger charge is 2.21. The summed E-state index contributed by atoms with van der Waals surface area (Å²) in [5.41, 5.74) is 2.19. The molecule has 0 radical (unpaired) electrons. The van der Waals surface area contributed by atoms with E-state index in [1.54, 1.807) is 0 Å². The van der Waals surface area contributed by atoms with Gasteiger partial charge < -0.3 is 4.90 Å². The lowest BCUT2D eigenvalue weighted by Crippen LogP contribution is -2.36. The molecule has 2 aromatic heterocycles. The first-order valence-corrected chi connectivity index (χ1v) is 7.32. The summed E-state index contributed by atoms with van der Waals surface area (Å²) in [6.45, 7) is 6.21. The minimum Gasteiger partial charge on any atom is -0.353 e. The van der Waals surface area contributed by atoms with E-state index in [9.17, 15) is 0 Å². The molecule has 5 heteroatoms. The second-order valence-electron chi connectivity index (χ2n) is 5.49. The third kappa shape index (κ3) is 2.41. The van der Waals surface area contributed by atoms with E-state index < -0.39 is 0 Å². The van der Waals surface area contributed by atoms with Crippen molar-refractivity contribution in [3.63, 3.8) is 0 Å². The molecule has 19 heavy (non-hydrogen) atoms. The summed E-state index contributed by atoms with van der Waals surface area (Å²) in [7, 11) is 0. The Labute approximate surface area is 118 Å². The van der Waals surface area contributed by atoms with Gasteiger partial charge in [0.25, 0.3) is 0 Å². The second-order valence-corrected chi connectivity index (χ2v) is 6.11. The minimum atomic E-state index is 0.225. The molecule has 1 fully saturated rings. The smallest absolute Gasteiger partial charge is 0.154 e. The maximum atomic E-state index is 6.28. The van der Waals surface area contributed by atoms with Crippen LogP contribution in [0.4, 0.5) is 5.82 Å². The van der Waals surface area contributed by atoms with Crippen LogP contribution in [0.3, 0.4) is 0 Å². The zero-order chi connectivity index (χ0) is 13.4. The fourth-order valence-electron chi connectivity index (χ4n) is 2.57. The lowest BCUT2D eigenvalue weighted by atomic mass is 10.1. The van der Waals surface area contributed by atoms with E-state index in [1.165, 1.54) is 0 Å². The zero-order valence-electron chi connectivity index (χ0n) is 11.4. The fraction of sp³-hybridized carbons (Fsp3) is 0.571. The van der Waals surface area contributed by atoms with Crippen molar-refractivity contribution >= 4 is 22.9 Å². The Kier molecular flexibility index (Phi) is 3.35. The maximum Gasteiger partial charge on any atom is 0.154 e. The number of fused-ring (bicyclic) bond motifs is 1. The number of halogens is 1. The van der Waals surface area contributed by atoms with Gasteiger partial charge in [-0.15, -0.1) is 11.6 Å². The van der Waals surface area contributed by atoms with Crippen LogP contribution in [-0.4, -0.2) is 33.1 Å². The van der Waals surface area contributed by atoms with Crippen LogP contribution >= 0.6 is 11.6 Å². The Balaban J connectivity index is 2.02. The number of anilines is 1. The van der Waals surface area contributed by atoms with Crippen LogP contribution in [0.15, 0.2) is 18.5 Å². The van der Waals surface area contributed by atoms with E-state index in [4.69, 9.17) is 11.6 Å². The Morgan fingerprint density at radius 3 is 3.00 bits per heavy atom. The van der Waals surface area contributed by atoms with Gasteiger partial charge in [0.15, 0.2) is 5.82 Å². The molecule has 0 aromatic carbocycles. The molecule has 0 saturated carbocycles. The number of hydrogen-bond donors (Lipinski definition) is 0. The molecule has 1 unspecified atom stereocenters. The van der Waals surface area contributed by atoms with Crippen LogP contribution in [0, 0.1) is 0 Å².